The van der Waals surface area contributed by atoms with Crippen LogP contribution in [0.1, 0.15) is 62.3 Å². The molecule has 12 heteroatoms. The Bertz CT molecular complexity index is 1270. The van der Waals surface area contributed by atoms with Gasteiger partial charge in [-0.15, -0.1) is 10.2 Å². The summed E-state index contributed by atoms with van der Waals surface area (Å²) in [6.45, 7) is 5.87. The number of hydrogen-bond donors (Lipinski definition) is 1. The fraction of sp³-hybridized carbons (Fsp3) is 0.500. The van der Waals surface area contributed by atoms with Crippen LogP contribution in [0.15, 0.2) is 30.6 Å². The lowest BCUT2D eigenvalue weighted by Gasteiger charge is -2.25. The second kappa shape index (κ2) is 10.8. The van der Waals surface area contributed by atoms with Gasteiger partial charge in [-0.2, -0.15) is 0 Å². The number of benzene rings is 1. The van der Waals surface area contributed by atoms with Crippen molar-refractivity contribution in [1.82, 2.24) is 24.7 Å². The Balaban J connectivity index is 1.77. The van der Waals surface area contributed by atoms with E-state index in [0.717, 1.165) is 24.8 Å². The lowest BCUT2D eigenvalue weighted by Crippen LogP contribution is -2.31. The maximum Gasteiger partial charge on any atom is 0.243 e. The molecule has 1 fully saturated rings. The van der Waals surface area contributed by atoms with Crippen molar-refractivity contribution >= 4 is 16.0 Å². The summed E-state index contributed by atoms with van der Waals surface area (Å²) in [5.41, 5.74) is 1.38. The largest absolute Gasteiger partial charge is 0.494 e. The first-order valence-electron chi connectivity index (χ1n) is 11.8. The molecule has 3 aromatic rings. The first kappa shape index (κ1) is 25.8. The summed E-state index contributed by atoms with van der Waals surface area (Å²) < 4.78 is 48.5. The molecule has 194 valence electrons. The van der Waals surface area contributed by atoms with Crippen LogP contribution in [0.25, 0.3) is 5.69 Å². The molecule has 1 aliphatic heterocycles. The number of ether oxygens (including phenoxy) is 3. The Morgan fingerprint density at radius 1 is 1.08 bits per heavy atom. The number of hydrogen-bond acceptors (Lipinski definition) is 9. The first-order chi connectivity index (χ1) is 17.3. The van der Waals surface area contributed by atoms with Gasteiger partial charge in [-0.1, -0.05) is 13.0 Å². The number of aryl methyl sites for hydroxylation is 1. The Hall–Kier alpha value is -3.25. The molecule has 0 bridgehead atoms. The molecule has 0 saturated carbocycles. The Labute approximate surface area is 211 Å². The summed E-state index contributed by atoms with van der Waals surface area (Å²) in [6.07, 6.45) is 5.65. The molecule has 2 aromatic heterocycles. The van der Waals surface area contributed by atoms with Gasteiger partial charge in [-0.3, -0.25) is 9.29 Å². The number of para-hydroxylation sites is 1. The van der Waals surface area contributed by atoms with E-state index in [0.29, 0.717) is 35.4 Å². The third-order valence-electron chi connectivity index (χ3n) is 6.42. The molecule has 1 N–H and O–H groups in total. The van der Waals surface area contributed by atoms with Gasteiger partial charge in [0.25, 0.3) is 0 Å². The zero-order chi connectivity index (χ0) is 25.9. The molecule has 0 spiro atoms. The summed E-state index contributed by atoms with van der Waals surface area (Å²) in [4.78, 5) is 8.62. The van der Waals surface area contributed by atoms with Crippen molar-refractivity contribution in [2.24, 2.45) is 0 Å². The van der Waals surface area contributed by atoms with E-state index in [1.54, 1.807) is 49.0 Å². The van der Waals surface area contributed by atoms with Gasteiger partial charge in [0.05, 0.1) is 19.5 Å². The summed E-state index contributed by atoms with van der Waals surface area (Å²) in [7, 11) is -0.861. The molecule has 3 heterocycles. The van der Waals surface area contributed by atoms with E-state index in [2.05, 4.69) is 24.9 Å². The number of rotatable bonds is 9. The van der Waals surface area contributed by atoms with Crippen LogP contribution >= 0.6 is 0 Å². The molecular formula is C24H32N6O5S. The van der Waals surface area contributed by atoms with E-state index in [9.17, 15) is 8.42 Å². The zero-order valence-electron chi connectivity index (χ0n) is 21.1. The minimum Gasteiger partial charge on any atom is -0.494 e. The van der Waals surface area contributed by atoms with E-state index in [1.807, 2.05) is 6.92 Å². The second-order valence-electron chi connectivity index (χ2n) is 8.84. The number of sulfonamides is 1. The van der Waals surface area contributed by atoms with Crippen LogP contribution in [0.5, 0.6) is 11.5 Å². The van der Waals surface area contributed by atoms with Gasteiger partial charge in [0.15, 0.2) is 5.82 Å². The van der Waals surface area contributed by atoms with Gasteiger partial charge in [0.2, 0.25) is 16.0 Å². The van der Waals surface area contributed by atoms with E-state index in [4.69, 9.17) is 14.2 Å². The highest BCUT2D eigenvalue weighted by Gasteiger charge is 2.34. The molecule has 1 saturated heterocycles. The monoisotopic (exact) mass is 516 g/mol. The lowest BCUT2D eigenvalue weighted by molar-refractivity contribution is 0.00839. The molecule has 2 unspecified atom stereocenters. The zero-order valence-corrected chi connectivity index (χ0v) is 21.9. The minimum atomic E-state index is -3.93. The first-order valence-corrected chi connectivity index (χ1v) is 13.4. The summed E-state index contributed by atoms with van der Waals surface area (Å²) in [5, 5.41) is 7.72. The average Bonchev–Trinajstić information content (AvgIpc) is 3.30. The van der Waals surface area contributed by atoms with Gasteiger partial charge < -0.3 is 14.2 Å². The fourth-order valence-electron chi connectivity index (χ4n) is 4.12. The predicted molar refractivity (Wildman–Crippen MR) is 134 cm³/mol. The smallest absolute Gasteiger partial charge is 0.243 e. The van der Waals surface area contributed by atoms with Crippen LogP contribution in [0.3, 0.4) is 0 Å². The quantitative estimate of drug-likeness (QED) is 0.453. The van der Waals surface area contributed by atoms with Crippen LogP contribution in [0.2, 0.25) is 0 Å². The topological polar surface area (TPSA) is 130 Å². The van der Waals surface area contributed by atoms with Crippen molar-refractivity contribution in [1.29, 1.82) is 0 Å². The van der Waals surface area contributed by atoms with Crippen molar-refractivity contribution in [2.75, 3.05) is 25.5 Å². The summed E-state index contributed by atoms with van der Waals surface area (Å²) in [6, 6.07) is 5.32. The van der Waals surface area contributed by atoms with Crippen molar-refractivity contribution in [3.05, 3.63) is 47.8 Å². The highest BCUT2D eigenvalue weighted by Crippen LogP contribution is 2.39. The molecule has 36 heavy (non-hydrogen) atoms. The molecule has 4 rings (SSSR count). The highest BCUT2D eigenvalue weighted by atomic mass is 32.2. The summed E-state index contributed by atoms with van der Waals surface area (Å²) >= 11 is 0. The minimum absolute atomic E-state index is 0.0193. The van der Waals surface area contributed by atoms with Crippen molar-refractivity contribution in [2.45, 2.75) is 57.3 Å². The average molecular weight is 517 g/mol. The Morgan fingerprint density at radius 3 is 2.33 bits per heavy atom. The second-order valence-corrected chi connectivity index (χ2v) is 10.9. The van der Waals surface area contributed by atoms with Crippen molar-refractivity contribution in [3.8, 4) is 17.2 Å². The summed E-state index contributed by atoms with van der Waals surface area (Å²) in [5.74, 6) is 1.41. The van der Waals surface area contributed by atoms with Gasteiger partial charge in [0.1, 0.15) is 29.1 Å². The number of nitrogens with one attached hydrogen (secondary N) is 1. The third kappa shape index (κ3) is 5.14. The molecular weight excluding hydrogens is 484 g/mol. The molecule has 1 aliphatic rings. The van der Waals surface area contributed by atoms with Gasteiger partial charge in [-0.05, 0) is 50.8 Å². The predicted octanol–water partition coefficient (Wildman–Crippen LogP) is 3.56. The normalized spacial score (nSPS) is 17.9. The van der Waals surface area contributed by atoms with E-state index in [1.165, 1.54) is 14.2 Å². The van der Waals surface area contributed by atoms with Crippen molar-refractivity contribution < 1.29 is 22.6 Å². The van der Waals surface area contributed by atoms with Crippen molar-refractivity contribution in [3.63, 3.8) is 0 Å². The highest BCUT2D eigenvalue weighted by molar-refractivity contribution is 7.93. The van der Waals surface area contributed by atoms with Gasteiger partial charge in [-0.25, -0.2) is 18.4 Å². The fourth-order valence-corrected chi connectivity index (χ4v) is 5.36. The maximum atomic E-state index is 13.5. The van der Waals surface area contributed by atoms with Gasteiger partial charge >= 0.3 is 0 Å². The van der Waals surface area contributed by atoms with Crippen LogP contribution in [-0.2, 0) is 14.8 Å². The van der Waals surface area contributed by atoms with Gasteiger partial charge in [0, 0.05) is 24.9 Å². The maximum absolute atomic E-state index is 13.5. The molecule has 3 atom stereocenters. The SMILES string of the molecule is COc1cccc(OC)c1-n1c(NS(=O)(=O)C(C)C(C)c2ncc(C)cn2)nnc1[C@H]1CCCCO1. The van der Waals surface area contributed by atoms with Crippen LogP contribution < -0.4 is 14.2 Å². The van der Waals surface area contributed by atoms with Crippen LogP contribution in [-0.4, -0.2) is 59.2 Å². The van der Waals surface area contributed by atoms with Crippen LogP contribution in [0.4, 0.5) is 5.95 Å². The third-order valence-corrected chi connectivity index (χ3v) is 8.27. The van der Waals surface area contributed by atoms with Crippen LogP contribution in [0, 0.1) is 6.92 Å². The Morgan fingerprint density at radius 2 is 1.75 bits per heavy atom. The molecule has 0 amide bonds. The molecule has 0 radical (unpaired) electrons. The van der Waals surface area contributed by atoms with E-state index in [-0.39, 0.29) is 12.1 Å². The Kier molecular flexibility index (Phi) is 7.74. The molecule has 0 aliphatic carbocycles. The number of nitrogens with zero attached hydrogens (tertiary/aromatic N) is 5. The standard InChI is InChI=1S/C24H32N6O5S/c1-15-13-25-22(26-14-15)16(2)17(3)36(31,32)29-24-28-27-23(20-9-6-7-12-35-20)30(24)21-18(33-4)10-8-11-19(21)34-5/h8,10-11,13-14,16-17,20H,6-7,9,12H2,1-5H3,(H,28,29)/t16?,17?,20-/m1/s1. The molecule has 11 nitrogen and oxygen atoms in total. The van der Waals surface area contributed by atoms with E-state index >= 15 is 0 Å². The molecule has 1 aromatic carbocycles. The number of methoxy groups -OCH3 is 2. The number of anilines is 1. The number of aromatic nitrogens is 5. The van der Waals surface area contributed by atoms with E-state index < -0.39 is 21.2 Å². The lowest BCUT2D eigenvalue weighted by atomic mass is 10.1.